The Bertz CT molecular complexity index is 1220. The van der Waals surface area contributed by atoms with Gasteiger partial charge in [0.15, 0.2) is 0 Å². The fraction of sp³-hybridized carbons (Fsp3) is 0.276. The summed E-state index contributed by atoms with van der Waals surface area (Å²) in [6.45, 7) is 9.09. The monoisotopic (exact) mass is 480 g/mol. The summed E-state index contributed by atoms with van der Waals surface area (Å²) < 4.78 is 0. The van der Waals surface area contributed by atoms with Crippen LogP contribution >= 0.6 is 0 Å². The van der Waals surface area contributed by atoms with E-state index in [0.717, 1.165) is 30.0 Å². The van der Waals surface area contributed by atoms with Gasteiger partial charge in [0, 0.05) is 32.4 Å². The molecule has 2 atom stereocenters. The predicted octanol–water partition coefficient (Wildman–Crippen LogP) is 4.29. The molecule has 0 spiro atoms. The minimum atomic E-state index is -0.122. The van der Waals surface area contributed by atoms with Gasteiger partial charge in [0.1, 0.15) is 5.82 Å². The number of nitrogens with zero attached hydrogens (tertiary/aromatic N) is 4. The first-order valence-corrected chi connectivity index (χ1v) is 12.1. The van der Waals surface area contributed by atoms with Crippen LogP contribution in [-0.4, -0.2) is 49.0 Å². The van der Waals surface area contributed by atoms with Crippen molar-refractivity contribution in [3.63, 3.8) is 0 Å². The van der Waals surface area contributed by atoms with E-state index in [2.05, 4.69) is 47.3 Å². The van der Waals surface area contributed by atoms with E-state index in [-0.39, 0.29) is 17.9 Å². The number of hydrogen-bond donors (Lipinski definition) is 2. The number of aromatic nitrogens is 1. The van der Waals surface area contributed by atoms with E-state index in [1.54, 1.807) is 11.1 Å². The third kappa shape index (κ3) is 6.09. The summed E-state index contributed by atoms with van der Waals surface area (Å²) in [6, 6.07) is 23.9. The van der Waals surface area contributed by atoms with Gasteiger partial charge in [-0.25, -0.2) is 4.98 Å². The zero-order chi connectivity index (χ0) is 25.5. The summed E-state index contributed by atoms with van der Waals surface area (Å²) in [4.78, 5) is 20.4. The molecule has 0 bridgehead atoms. The van der Waals surface area contributed by atoms with Crippen LogP contribution in [0, 0.1) is 11.3 Å². The van der Waals surface area contributed by atoms with E-state index in [9.17, 15) is 4.79 Å². The number of nitrogens with one attached hydrogen (secondary N) is 2. The highest BCUT2D eigenvalue weighted by Crippen LogP contribution is 2.25. The van der Waals surface area contributed by atoms with Gasteiger partial charge in [0.25, 0.3) is 0 Å². The van der Waals surface area contributed by atoms with Gasteiger partial charge in [0.05, 0.1) is 36.1 Å². The topological polar surface area (TPSA) is 84.3 Å². The van der Waals surface area contributed by atoms with Gasteiger partial charge in [-0.1, -0.05) is 56.0 Å². The van der Waals surface area contributed by atoms with Crippen LogP contribution in [0.15, 0.2) is 85.2 Å². The molecule has 1 amide bonds. The van der Waals surface area contributed by atoms with Crippen molar-refractivity contribution in [1.82, 2.24) is 15.2 Å². The highest BCUT2D eigenvalue weighted by atomic mass is 16.2. The van der Waals surface area contributed by atoms with Gasteiger partial charge in [0.2, 0.25) is 5.91 Å². The van der Waals surface area contributed by atoms with E-state index in [0.29, 0.717) is 24.5 Å². The summed E-state index contributed by atoms with van der Waals surface area (Å²) in [7, 11) is 1.83. The molecule has 1 aliphatic rings. The first-order chi connectivity index (χ1) is 17.4. The molecule has 2 unspecified atom stereocenters. The third-order valence-electron chi connectivity index (χ3n) is 6.58. The Morgan fingerprint density at radius 2 is 1.83 bits per heavy atom. The molecule has 2 aromatic carbocycles. The van der Waals surface area contributed by atoms with Gasteiger partial charge >= 0.3 is 0 Å². The number of amides is 1. The molecule has 1 saturated heterocycles. The third-order valence-corrected chi connectivity index (χ3v) is 6.58. The van der Waals surface area contributed by atoms with E-state index in [1.807, 2.05) is 66.5 Å². The lowest BCUT2D eigenvalue weighted by atomic mass is 9.98. The van der Waals surface area contributed by atoms with Gasteiger partial charge in [-0.15, -0.1) is 0 Å². The highest BCUT2D eigenvalue weighted by molar-refractivity contribution is 5.82. The van der Waals surface area contributed by atoms with Crippen molar-refractivity contribution >= 4 is 17.4 Å². The maximum absolute atomic E-state index is 12.0. The molecule has 7 heteroatoms. The number of nitriles is 1. The molecule has 1 aliphatic heterocycles. The fourth-order valence-electron chi connectivity index (χ4n) is 4.25. The van der Waals surface area contributed by atoms with Gasteiger partial charge in [-0.3, -0.25) is 4.79 Å². The summed E-state index contributed by atoms with van der Waals surface area (Å²) in [5.41, 5.74) is 4.67. The van der Waals surface area contributed by atoms with Crippen LogP contribution in [0.1, 0.15) is 35.6 Å². The van der Waals surface area contributed by atoms with Crippen LogP contribution in [0.2, 0.25) is 0 Å². The molecule has 3 aromatic rings. The quantitative estimate of drug-likeness (QED) is 0.475. The van der Waals surface area contributed by atoms with Crippen molar-refractivity contribution in [3.05, 3.63) is 102 Å². The standard InChI is InChI=1S/C29H32N6O/c1-21(24-11-9-23(17-30)10-12-24)18-32-29(25-7-5-4-6-8-25)22(2)33-27-14-13-26(19-31-27)35-16-15-34(3)28(36)20-35/h4-14,19,21,29,32H,2,15-16,18,20H2,1,3H3,(H,31,33). The van der Waals surface area contributed by atoms with Crippen LogP contribution in [0.25, 0.3) is 0 Å². The largest absolute Gasteiger partial charge is 0.359 e. The number of carbonyl (C=O) groups is 1. The fourth-order valence-corrected chi connectivity index (χ4v) is 4.25. The lowest BCUT2D eigenvalue weighted by Crippen LogP contribution is -2.48. The minimum Gasteiger partial charge on any atom is -0.359 e. The lowest BCUT2D eigenvalue weighted by molar-refractivity contribution is -0.129. The maximum atomic E-state index is 12.0. The van der Waals surface area contributed by atoms with Crippen molar-refractivity contribution in [1.29, 1.82) is 5.26 Å². The zero-order valence-corrected chi connectivity index (χ0v) is 20.8. The smallest absolute Gasteiger partial charge is 0.241 e. The van der Waals surface area contributed by atoms with Crippen LogP contribution in [-0.2, 0) is 4.79 Å². The Morgan fingerprint density at radius 3 is 2.47 bits per heavy atom. The number of anilines is 2. The SMILES string of the molecule is C=C(Nc1ccc(N2CCN(C)C(=O)C2)cn1)C(NCC(C)c1ccc(C#N)cc1)c1ccccc1. The predicted molar refractivity (Wildman–Crippen MR) is 144 cm³/mol. The Balaban J connectivity index is 1.42. The second kappa shape index (κ2) is 11.5. The molecule has 1 fully saturated rings. The van der Waals surface area contributed by atoms with Gasteiger partial charge < -0.3 is 20.4 Å². The number of benzene rings is 2. The number of carbonyl (C=O) groups excluding carboxylic acids is 1. The molecule has 2 heterocycles. The van der Waals surface area contributed by atoms with E-state index in [4.69, 9.17) is 5.26 Å². The first-order valence-electron chi connectivity index (χ1n) is 12.1. The Kier molecular flexibility index (Phi) is 7.99. The molecule has 184 valence electrons. The summed E-state index contributed by atoms with van der Waals surface area (Å²) in [5, 5.41) is 16.1. The lowest BCUT2D eigenvalue weighted by Gasteiger charge is -2.33. The molecular formula is C29H32N6O. The molecule has 4 rings (SSSR count). The van der Waals surface area contributed by atoms with Gasteiger partial charge in [-0.05, 0) is 41.3 Å². The molecule has 0 radical (unpaired) electrons. The molecule has 0 saturated carbocycles. The summed E-state index contributed by atoms with van der Waals surface area (Å²) in [5.74, 6) is 1.07. The zero-order valence-electron chi connectivity index (χ0n) is 20.8. The van der Waals surface area contributed by atoms with Crippen LogP contribution in [0.5, 0.6) is 0 Å². The minimum absolute atomic E-state index is 0.115. The number of pyridine rings is 1. The Morgan fingerprint density at radius 1 is 1.08 bits per heavy atom. The molecule has 36 heavy (non-hydrogen) atoms. The maximum Gasteiger partial charge on any atom is 0.241 e. The summed E-state index contributed by atoms with van der Waals surface area (Å²) in [6.07, 6.45) is 1.80. The van der Waals surface area contributed by atoms with E-state index in [1.165, 1.54) is 5.56 Å². The van der Waals surface area contributed by atoms with Crippen molar-refractivity contribution in [2.75, 3.05) is 43.4 Å². The molecule has 2 N–H and O–H groups in total. The number of piperazine rings is 1. The molecule has 1 aromatic heterocycles. The normalized spacial score (nSPS) is 15.2. The molecular weight excluding hydrogens is 448 g/mol. The molecule has 7 nitrogen and oxygen atoms in total. The van der Waals surface area contributed by atoms with Crippen molar-refractivity contribution in [2.24, 2.45) is 0 Å². The van der Waals surface area contributed by atoms with Crippen molar-refractivity contribution < 1.29 is 4.79 Å². The first kappa shape index (κ1) is 25.0. The summed E-state index contributed by atoms with van der Waals surface area (Å²) >= 11 is 0. The van der Waals surface area contributed by atoms with Crippen LogP contribution in [0.3, 0.4) is 0 Å². The van der Waals surface area contributed by atoms with Crippen molar-refractivity contribution in [3.8, 4) is 6.07 Å². The Labute approximate surface area is 213 Å². The second-order valence-electron chi connectivity index (χ2n) is 9.18. The molecule has 0 aliphatic carbocycles. The average Bonchev–Trinajstić information content (AvgIpc) is 2.91. The number of rotatable bonds is 9. The van der Waals surface area contributed by atoms with Crippen LogP contribution < -0.4 is 15.5 Å². The number of likely N-dealkylation sites (N-methyl/N-ethyl adjacent to an activating group) is 1. The van der Waals surface area contributed by atoms with Gasteiger partial charge in [-0.2, -0.15) is 5.26 Å². The highest BCUT2D eigenvalue weighted by Gasteiger charge is 2.22. The Hall–Kier alpha value is -4.15. The van der Waals surface area contributed by atoms with E-state index < -0.39 is 0 Å². The number of hydrogen-bond acceptors (Lipinski definition) is 6. The van der Waals surface area contributed by atoms with Crippen LogP contribution in [0.4, 0.5) is 11.5 Å². The van der Waals surface area contributed by atoms with E-state index >= 15 is 0 Å². The van der Waals surface area contributed by atoms with Crippen molar-refractivity contribution in [2.45, 2.75) is 18.9 Å². The second-order valence-corrected chi connectivity index (χ2v) is 9.18. The average molecular weight is 481 g/mol.